The lowest BCUT2D eigenvalue weighted by molar-refractivity contribution is -0.318. The monoisotopic (exact) mass is 578 g/mol. The highest BCUT2D eigenvalue weighted by molar-refractivity contribution is 5.86. The van der Waals surface area contributed by atoms with Crippen molar-refractivity contribution in [2.24, 2.45) is 0 Å². The van der Waals surface area contributed by atoms with E-state index in [0.29, 0.717) is 5.56 Å². The molecule has 0 aliphatic carbocycles. The van der Waals surface area contributed by atoms with Crippen LogP contribution in [0.5, 0.6) is 17.2 Å². The Hall–Kier alpha value is -3.31. The number of phenolic OH excluding ortho intramolecular Hbond substituents is 2. The summed E-state index contributed by atoms with van der Waals surface area (Å²) in [6.45, 7) is 0.969. The largest absolute Gasteiger partial charge is 0.508 e. The lowest BCUT2D eigenvalue weighted by atomic mass is 9.98. The quantitative estimate of drug-likeness (QED) is 0.174. The first-order chi connectivity index (χ1) is 19.4. The summed E-state index contributed by atoms with van der Waals surface area (Å²) in [5.41, 5.74) is -0.149. The molecule has 3 heterocycles. The molecule has 8 N–H and O–H groups in total. The Morgan fingerprint density at radius 3 is 2.15 bits per heavy atom. The van der Waals surface area contributed by atoms with E-state index in [0.717, 1.165) is 6.07 Å². The van der Waals surface area contributed by atoms with Crippen molar-refractivity contribution in [2.45, 2.75) is 68.3 Å². The second-order valence-corrected chi connectivity index (χ2v) is 9.98. The number of aromatic hydroxyl groups is 2. The molecule has 0 saturated carbocycles. The molecule has 0 unspecified atom stereocenters. The third kappa shape index (κ3) is 5.74. The van der Waals surface area contributed by atoms with E-state index in [2.05, 4.69) is 0 Å². The predicted octanol–water partition coefficient (Wildman–Crippen LogP) is -1.10. The summed E-state index contributed by atoms with van der Waals surface area (Å²) in [4.78, 5) is 12.7. The number of rotatable bonds is 6. The summed E-state index contributed by atoms with van der Waals surface area (Å²) in [6.07, 6.45) is -14.9. The van der Waals surface area contributed by atoms with E-state index in [9.17, 15) is 45.6 Å². The van der Waals surface area contributed by atoms with Crippen molar-refractivity contribution in [2.75, 3.05) is 6.61 Å². The Kier molecular flexibility index (Phi) is 8.20. The first kappa shape index (κ1) is 29.2. The van der Waals surface area contributed by atoms with E-state index in [1.165, 1.54) is 43.3 Å². The number of aliphatic hydroxyl groups is 6. The number of phenols is 2. The second kappa shape index (κ2) is 11.5. The summed E-state index contributed by atoms with van der Waals surface area (Å²) in [6, 6.07) is 9.40. The Morgan fingerprint density at radius 1 is 0.780 bits per heavy atom. The SMILES string of the molecule is C[C@@H]1O[C@@H](OC[C@H]2O[C@@H](Oc3cc(O)c4c(=O)cc(-c5ccc(O)cc5)oc4c3)[C@@H](O)[C@H](O)[C@@H]2O)[C@H](O)[C@H](O)[C@H]1O. The van der Waals surface area contributed by atoms with Gasteiger partial charge < -0.3 is 64.2 Å². The van der Waals surface area contributed by atoms with E-state index < -0.39 is 79.2 Å². The van der Waals surface area contributed by atoms with Gasteiger partial charge in [-0.1, -0.05) is 0 Å². The molecule has 14 nitrogen and oxygen atoms in total. The van der Waals surface area contributed by atoms with Crippen LogP contribution in [0, 0.1) is 0 Å². The summed E-state index contributed by atoms with van der Waals surface area (Å²) in [5.74, 6) is -0.457. The van der Waals surface area contributed by atoms with Gasteiger partial charge in [-0.25, -0.2) is 0 Å². The van der Waals surface area contributed by atoms with Gasteiger partial charge >= 0.3 is 0 Å². The molecule has 2 saturated heterocycles. The number of hydrogen-bond acceptors (Lipinski definition) is 14. The Bertz CT molecular complexity index is 1420. The van der Waals surface area contributed by atoms with Gasteiger partial charge in [0.1, 0.15) is 76.7 Å². The first-order valence-corrected chi connectivity index (χ1v) is 12.7. The van der Waals surface area contributed by atoms with Gasteiger partial charge in [0.25, 0.3) is 0 Å². The average molecular weight is 579 g/mol. The minimum Gasteiger partial charge on any atom is -0.508 e. The van der Waals surface area contributed by atoms with Crippen molar-refractivity contribution in [1.29, 1.82) is 0 Å². The molecule has 0 spiro atoms. The Morgan fingerprint density at radius 2 is 1.44 bits per heavy atom. The van der Waals surface area contributed by atoms with Crippen molar-refractivity contribution < 1.29 is 64.2 Å². The maximum Gasteiger partial charge on any atom is 0.229 e. The molecule has 222 valence electrons. The van der Waals surface area contributed by atoms with E-state index >= 15 is 0 Å². The van der Waals surface area contributed by atoms with Crippen LogP contribution in [0.3, 0.4) is 0 Å². The molecule has 2 aliphatic rings. The zero-order valence-corrected chi connectivity index (χ0v) is 21.5. The highest BCUT2D eigenvalue weighted by Crippen LogP contribution is 2.34. The van der Waals surface area contributed by atoms with Crippen LogP contribution in [-0.4, -0.2) is 109 Å². The van der Waals surface area contributed by atoms with Crippen LogP contribution < -0.4 is 10.2 Å². The average Bonchev–Trinajstić information content (AvgIpc) is 2.94. The molecular formula is C27H30O14. The van der Waals surface area contributed by atoms with Crippen LogP contribution in [-0.2, 0) is 14.2 Å². The predicted molar refractivity (Wildman–Crippen MR) is 137 cm³/mol. The molecule has 41 heavy (non-hydrogen) atoms. The van der Waals surface area contributed by atoms with Crippen molar-refractivity contribution >= 4 is 11.0 Å². The third-order valence-corrected chi connectivity index (χ3v) is 7.09. The van der Waals surface area contributed by atoms with Gasteiger partial charge in [0.15, 0.2) is 11.7 Å². The number of hydrogen-bond donors (Lipinski definition) is 8. The molecule has 14 heteroatoms. The maximum atomic E-state index is 12.7. The topological polar surface area (TPSA) is 229 Å². The van der Waals surface area contributed by atoms with E-state index in [4.69, 9.17) is 23.4 Å². The molecule has 5 rings (SSSR count). The van der Waals surface area contributed by atoms with Gasteiger partial charge in [-0.15, -0.1) is 0 Å². The second-order valence-electron chi connectivity index (χ2n) is 9.98. The smallest absolute Gasteiger partial charge is 0.229 e. The fraction of sp³-hybridized carbons (Fsp3) is 0.444. The molecule has 0 bridgehead atoms. The zero-order valence-electron chi connectivity index (χ0n) is 21.5. The van der Waals surface area contributed by atoms with Gasteiger partial charge in [-0.05, 0) is 31.2 Å². The lowest BCUT2D eigenvalue weighted by Crippen LogP contribution is -2.61. The molecule has 3 aromatic rings. The molecular weight excluding hydrogens is 548 g/mol. The van der Waals surface area contributed by atoms with E-state index in [1.807, 2.05) is 0 Å². The minimum atomic E-state index is -1.76. The van der Waals surface area contributed by atoms with Crippen LogP contribution >= 0.6 is 0 Å². The molecule has 2 aliphatic heterocycles. The van der Waals surface area contributed by atoms with Gasteiger partial charge in [-0.3, -0.25) is 4.79 Å². The van der Waals surface area contributed by atoms with Crippen LogP contribution in [0.4, 0.5) is 0 Å². The summed E-state index contributed by atoms with van der Waals surface area (Å²) in [5, 5.41) is 81.2. The minimum absolute atomic E-state index is 0.0145. The molecule has 0 amide bonds. The number of aliphatic hydroxyl groups excluding tert-OH is 6. The highest BCUT2D eigenvalue weighted by atomic mass is 16.7. The molecule has 10 atom stereocenters. The van der Waals surface area contributed by atoms with Gasteiger partial charge in [-0.2, -0.15) is 0 Å². The van der Waals surface area contributed by atoms with Crippen LogP contribution in [0.25, 0.3) is 22.3 Å². The van der Waals surface area contributed by atoms with Gasteiger partial charge in [0, 0.05) is 23.8 Å². The summed E-state index contributed by atoms with van der Waals surface area (Å²) >= 11 is 0. The van der Waals surface area contributed by atoms with E-state index in [-0.39, 0.29) is 28.2 Å². The lowest BCUT2D eigenvalue weighted by Gasteiger charge is -2.42. The van der Waals surface area contributed by atoms with E-state index in [1.54, 1.807) is 0 Å². The number of benzene rings is 2. The number of ether oxygens (including phenoxy) is 4. The zero-order chi connectivity index (χ0) is 29.6. The summed E-state index contributed by atoms with van der Waals surface area (Å²) in [7, 11) is 0. The standard InChI is InChI=1S/C27H30O14/c1-10-20(31)22(33)24(35)26(38-10)37-9-18-21(32)23(34)25(36)27(41-18)39-13-6-14(29)19-15(30)8-16(40-17(19)7-13)11-2-4-12(28)5-3-11/h2-8,10,18,20-29,31-36H,9H2,1H3/t10-,18+,20-,21+,22+,23+,24+,25-,26+,27+/m0/s1. The molecule has 2 fully saturated rings. The summed E-state index contributed by atoms with van der Waals surface area (Å²) < 4.78 is 27.9. The van der Waals surface area contributed by atoms with Gasteiger partial charge in [0.2, 0.25) is 6.29 Å². The fourth-order valence-electron chi connectivity index (χ4n) is 4.71. The first-order valence-electron chi connectivity index (χ1n) is 12.7. The molecule has 1 aromatic heterocycles. The third-order valence-electron chi connectivity index (χ3n) is 7.09. The van der Waals surface area contributed by atoms with Crippen molar-refractivity contribution in [3.05, 3.63) is 52.7 Å². The van der Waals surface area contributed by atoms with Crippen LogP contribution in [0.15, 0.2) is 51.7 Å². The van der Waals surface area contributed by atoms with Gasteiger partial charge in [0.05, 0.1) is 12.7 Å². The highest BCUT2D eigenvalue weighted by Gasteiger charge is 2.47. The molecule has 2 aromatic carbocycles. The fourth-order valence-corrected chi connectivity index (χ4v) is 4.71. The maximum absolute atomic E-state index is 12.7. The van der Waals surface area contributed by atoms with Crippen molar-refractivity contribution in [3.63, 3.8) is 0 Å². The Balaban J connectivity index is 1.35. The van der Waals surface area contributed by atoms with Crippen LogP contribution in [0.1, 0.15) is 6.92 Å². The van der Waals surface area contributed by atoms with Crippen LogP contribution in [0.2, 0.25) is 0 Å². The van der Waals surface area contributed by atoms with Crippen molar-refractivity contribution in [1.82, 2.24) is 0 Å². The molecule has 0 radical (unpaired) electrons. The number of fused-ring (bicyclic) bond motifs is 1. The Labute approximate surface area is 231 Å². The van der Waals surface area contributed by atoms with Crippen molar-refractivity contribution in [3.8, 4) is 28.6 Å². The normalized spacial score (nSPS) is 34.0.